The third-order valence-corrected chi connectivity index (χ3v) is 5.60. The molecule has 25 heavy (non-hydrogen) atoms. The molecule has 0 spiro atoms. The lowest BCUT2D eigenvalue weighted by molar-refractivity contribution is -0.137. The Morgan fingerprint density at radius 3 is 2.20 bits per heavy atom. The minimum absolute atomic E-state index is 0.132. The maximum Gasteiger partial charge on any atom is 0.416 e. The molecule has 134 valence electrons. The SMILES string of the molecule is C=CCN(c1cc(C(F)(F)F)ccc1Cl)S(=O)(=O)c1ccc(Cl)cc1. The van der Waals surface area contributed by atoms with Crippen LogP contribution in [0.25, 0.3) is 0 Å². The van der Waals surface area contributed by atoms with Gasteiger partial charge in [0.1, 0.15) is 0 Å². The Labute approximate surface area is 153 Å². The molecule has 0 heterocycles. The van der Waals surface area contributed by atoms with Crippen molar-refractivity contribution < 1.29 is 21.6 Å². The predicted molar refractivity (Wildman–Crippen MR) is 92.6 cm³/mol. The molecule has 0 radical (unpaired) electrons. The lowest BCUT2D eigenvalue weighted by Gasteiger charge is -2.25. The number of nitrogens with zero attached hydrogens (tertiary/aromatic N) is 1. The molecule has 2 aromatic carbocycles. The molecular formula is C16H12Cl2F3NO2S. The van der Waals surface area contributed by atoms with Gasteiger partial charge in [-0.15, -0.1) is 6.58 Å². The van der Waals surface area contributed by atoms with E-state index in [9.17, 15) is 21.6 Å². The molecule has 0 saturated carbocycles. The molecule has 0 amide bonds. The van der Waals surface area contributed by atoms with Crippen LogP contribution >= 0.6 is 23.2 Å². The van der Waals surface area contributed by atoms with Crippen LogP contribution in [0, 0.1) is 0 Å². The van der Waals surface area contributed by atoms with Crippen LogP contribution in [0.5, 0.6) is 0 Å². The van der Waals surface area contributed by atoms with Crippen LogP contribution in [0.3, 0.4) is 0 Å². The quantitative estimate of drug-likeness (QED) is 0.620. The van der Waals surface area contributed by atoms with Gasteiger partial charge in [-0.05, 0) is 42.5 Å². The zero-order valence-corrected chi connectivity index (χ0v) is 14.9. The molecule has 3 nitrogen and oxygen atoms in total. The highest BCUT2D eigenvalue weighted by atomic mass is 35.5. The average molecular weight is 410 g/mol. The standard InChI is InChI=1S/C16H12Cl2F3NO2S/c1-2-9-22(25(23,24)13-6-4-12(17)5-7-13)15-10-11(16(19,20)21)3-8-14(15)18/h2-8,10H,1,9H2. The van der Waals surface area contributed by atoms with Gasteiger partial charge in [0.05, 0.1) is 27.7 Å². The summed E-state index contributed by atoms with van der Waals surface area (Å²) >= 11 is 11.7. The summed E-state index contributed by atoms with van der Waals surface area (Å²) in [7, 11) is -4.17. The zero-order chi connectivity index (χ0) is 18.8. The lowest BCUT2D eigenvalue weighted by atomic mass is 10.2. The smallest absolute Gasteiger partial charge is 0.261 e. The van der Waals surface area contributed by atoms with Crippen LogP contribution in [0.2, 0.25) is 10.0 Å². The first-order valence-electron chi connectivity index (χ1n) is 6.83. The number of hydrogen-bond acceptors (Lipinski definition) is 2. The van der Waals surface area contributed by atoms with Gasteiger partial charge in [-0.2, -0.15) is 13.2 Å². The normalized spacial score (nSPS) is 12.0. The highest BCUT2D eigenvalue weighted by Gasteiger charge is 2.33. The van der Waals surface area contributed by atoms with Crippen molar-refractivity contribution in [2.24, 2.45) is 0 Å². The number of rotatable bonds is 5. The number of halogens is 5. The van der Waals surface area contributed by atoms with Crippen molar-refractivity contribution in [1.82, 2.24) is 0 Å². The molecule has 0 saturated heterocycles. The Hall–Kier alpha value is -1.70. The first kappa shape index (κ1) is 19.6. The molecule has 0 aliphatic heterocycles. The highest BCUT2D eigenvalue weighted by molar-refractivity contribution is 7.92. The molecule has 0 atom stereocenters. The van der Waals surface area contributed by atoms with Crippen LogP contribution in [-0.2, 0) is 16.2 Å². The molecular weight excluding hydrogens is 398 g/mol. The summed E-state index contributed by atoms with van der Waals surface area (Å²) < 4.78 is 65.4. The first-order chi connectivity index (χ1) is 11.6. The maximum absolute atomic E-state index is 13.0. The van der Waals surface area contributed by atoms with Gasteiger partial charge in [0.25, 0.3) is 10.0 Å². The van der Waals surface area contributed by atoms with Gasteiger partial charge >= 0.3 is 6.18 Å². The number of anilines is 1. The minimum atomic E-state index is -4.64. The molecule has 0 aromatic heterocycles. The van der Waals surface area contributed by atoms with E-state index in [0.717, 1.165) is 16.4 Å². The molecule has 9 heteroatoms. The Balaban J connectivity index is 2.62. The lowest BCUT2D eigenvalue weighted by Crippen LogP contribution is -2.31. The molecule has 2 aromatic rings. The highest BCUT2D eigenvalue weighted by Crippen LogP contribution is 2.37. The fraction of sp³-hybridized carbons (Fsp3) is 0.125. The van der Waals surface area contributed by atoms with Crippen LogP contribution in [-0.4, -0.2) is 15.0 Å². The third-order valence-electron chi connectivity index (χ3n) is 3.24. The Morgan fingerprint density at radius 1 is 1.08 bits per heavy atom. The van der Waals surface area contributed by atoms with Gasteiger partial charge in [-0.3, -0.25) is 4.31 Å². The molecule has 2 rings (SSSR count). The second kappa shape index (κ2) is 7.27. The van der Waals surface area contributed by atoms with E-state index >= 15 is 0 Å². The molecule has 0 unspecified atom stereocenters. The van der Waals surface area contributed by atoms with E-state index in [1.165, 1.54) is 30.3 Å². The van der Waals surface area contributed by atoms with E-state index in [0.29, 0.717) is 11.1 Å². The van der Waals surface area contributed by atoms with E-state index < -0.39 is 21.8 Å². The van der Waals surface area contributed by atoms with Gasteiger partial charge in [-0.25, -0.2) is 8.42 Å². The van der Waals surface area contributed by atoms with E-state index in [1.54, 1.807) is 0 Å². The summed E-state index contributed by atoms with van der Waals surface area (Å²) in [5.74, 6) is 0. The second-order valence-electron chi connectivity index (χ2n) is 4.94. The second-order valence-corrected chi connectivity index (χ2v) is 7.65. The number of hydrogen-bond donors (Lipinski definition) is 0. The summed E-state index contributed by atoms with van der Waals surface area (Å²) in [6, 6.07) is 7.74. The zero-order valence-electron chi connectivity index (χ0n) is 12.6. The number of sulfonamides is 1. The van der Waals surface area contributed by atoms with Gasteiger partial charge in [-0.1, -0.05) is 29.3 Å². The Kier molecular flexibility index (Phi) is 5.71. The van der Waals surface area contributed by atoms with Gasteiger partial charge in [0.2, 0.25) is 0 Å². The molecule has 0 N–H and O–H groups in total. The van der Waals surface area contributed by atoms with Crippen molar-refractivity contribution in [2.75, 3.05) is 10.8 Å². The summed E-state index contributed by atoms with van der Waals surface area (Å²) in [4.78, 5) is -0.132. The summed E-state index contributed by atoms with van der Waals surface area (Å²) in [5, 5.41) is 0.193. The molecule has 0 bridgehead atoms. The van der Waals surface area contributed by atoms with Gasteiger partial charge < -0.3 is 0 Å². The fourth-order valence-electron chi connectivity index (χ4n) is 2.06. The van der Waals surface area contributed by atoms with E-state index in [-0.39, 0.29) is 22.2 Å². The Bertz CT molecular complexity index is 881. The number of alkyl halides is 3. The minimum Gasteiger partial charge on any atom is -0.261 e. The average Bonchev–Trinajstić information content (AvgIpc) is 2.52. The van der Waals surface area contributed by atoms with Crippen LogP contribution < -0.4 is 4.31 Å². The van der Waals surface area contributed by atoms with Crippen molar-refractivity contribution >= 4 is 38.9 Å². The summed E-state index contributed by atoms with van der Waals surface area (Å²) in [6.45, 7) is 3.20. The van der Waals surface area contributed by atoms with E-state index in [2.05, 4.69) is 6.58 Å². The summed E-state index contributed by atoms with van der Waals surface area (Å²) in [5.41, 5.74) is -1.29. The van der Waals surface area contributed by atoms with Gasteiger partial charge in [0.15, 0.2) is 0 Å². The van der Waals surface area contributed by atoms with Crippen molar-refractivity contribution in [2.45, 2.75) is 11.1 Å². The number of benzene rings is 2. The van der Waals surface area contributed by atoms with Crippen LogP contribution in [0.15, 0.2) is 60.0 Å². The van der Waals surface area contributed by atoms with Crippen molar-refractivity contribution in [3.05, 3.63) is 70.7 Å². The van der Waals surface area contributed by atoms with E-state index in [1.807, 2.05) is 0 Å². The summed E-state index contributed by atoms with van der Waals surface area (Å²) in [6.07, 6.45) is -3.38. The van der Waals surface area contributed by atoms with Gasteiger partial charge in [0, 0.05) is 5.02 Å². The van der Waals surface area contributed by atoms with Crippen molar-refractivity contribution in [3.63, 3.8) is 0 Å². The Morgan fingerprint density at radius 2 is 1.68 bits per heavy atom. The first-order valence-corrected chi connectivity index (χ1v) is 9.03. The van der Waals surface area contributed by atoms with Crippen LogP contribution in [0.1, 0.15) is 5.56 Å². The maximum atomic E-state index is 13.0. The fourth-order valence-corrected chi connectivity index (χ4v) is 3.90. The van der Waals surface area contributed by atoms with Crippen LogP contribution in [0.4, 0.5) is 18.9 Å². The molecule has 0 aliphatic carbocycles. The van der Waals surface area contributed by atoms with Crippen molar-refractivity contribution in [1.29, 1.82) is 0 Å². The van der Waals surface area contributed by atoms with E-state index in [4.69, 9.17) is 23.2 Å². The molecule has 0 aliphatic rings. The third kappa shape index (κ3) is 4.29. The predicted octanol–water partition coefficient (Wildman–Crippen LogP) is 5.39. The topological polar surface area (TPSA) is 37.4 Å². The van der Waals surface area contributed by atoms with Crippen molar-refractivity contribution in [3.8, 4) is 0 Å². The largest absolute Gasteiger partial charge is 0.416 e. The molecule has 0 fully saturated rings. The monoisotopic (exact) mass is 409 g/mol.